The zero-order valence-electron chi connectivity index (χ0n) is 24.6. The summed E-state index contributed by atoms with van der Waals surface area (Å²) in [4.78, 5) is 20.7. The number of ether oxygens (including phenoxy) is 4. The number of benzene rings is 1. The number of rotatable bonds is 12. The van der Waals surface area contributed by atoms with Crippen molar-refractivity contribution >= 4 is 34.7 Å². The molecule has 43 heavy (non-hydrogen) atoms. The van der Waals surface area contributed by atoms with Crippen molar-refractivity contribution in [1.29, 1.82) is 0 Å². The second-order valence-corrected chi connectivity index (χ2v) is 12.8. The lowest BCUT2D eigenvalue weighted by molar-refractivity contribution is -0.173. The molecule has 1 N–H and O–H groups in total. The summed E-state index contributed by atoms with van der Waals surface area (Å²) in [5.74, 6) is -1.33. The van der Waals surface area contributed by atoms with Gasteiger partial charge in [0.25, 0.3) is 0 Å². The van der Waals surface area contributed by atoms with E-state index in [0.29, 0.717) is 35.1 Å². The molecule has 0 bridgehead atoms. The zero-order chi connectivity index (χ0) is 30.3. The van der Waals surface area contributed by atoms with Gasteiger partial charge < -0.3 is 24.3 Å². The molecule has 0 radical (unpaired) electrons. The van der Waals surface area contributed by atoms with Crippen molar-refractivity contribution in [2.45, 2.75) is 94.7 Å². The van der Waals surface area contributed by atoms with Crippen LogP contribution >= 0.6 is 11.8 Å². The number of aromatic nitrogens is 5. The van der Waals surface area contributed by atoms with Crippen LogP contribution in [0.15, 0.2) is 23.4 Å². The molecule has 3 fully saturated rings. The summed E-state index contributed by atoms with van der Waals surface area (Å²) < 4.78 is 52.7. The molecule has 232 valence electrons. The Morgan fingerprint density at radius 2 is 1.98 bits per heavy atom. The van der Waals surface area contributed by atoms with Gasteiger partial charge in [0, 0.05) is 30.6 Å². The lowest BCUT2D eigenvalue weighted by atomic mass is 10.1. The molecule has 1 aliphatic heterocycles. The summed E-state index contributed by atoms with van der Waals surface area (Å²) in [6.07, 6.45) is 1.68. The number of esters is 1. The van der Waals surface area contributed by atoms with Gasteiger partial charge in [-0.25, -0.2) is 23.4 Å². The van der Waals surface area contributed by atoms with Crippen molar-refractivity contribution in [2.75, 3.05) is 24.3 Å². The molecule has 3 heterocycles. The van der Waals surface area contributed by atoms with Crippen LogP contribution in [-0.4, -0.2) is 80.0 Å². The lowest BCUT2D eigenvalue weighted by Gasteiger charge is -2.23. The molecule has 2 aliphatic carbocycles. The van der Waals surface area contributed by atoms with E-state index in [1.807, 2.05) is 13.8 Å². The van der Waals surface area contributed by atoms with Crippen LogP contribution in [0.3, 0.4) is 0 Å². The van der Waals surface area contributed by atoms with Crippen molar-refractivity contribution in [3.05, 3.63) is 35.4 Å². The number of carbonyl (C=O) groups is 1. The molecule has 0 amide bonds. The Morgan fingerprint density at radius 1 is 1.16 bits per heavy atom. The van der Waals surface area contributed by atoms with Crippen LogP contribution in [0.25, 0.3) is 11.2 Å². The molecule has 3 aliphatic rings. The summed E-state index contributed by atoms with van der Waals surface area (Å²) in [6, 6.07) is 4.05. The van der Waals surface area contributed by atoms with E-state index in [1.54, 1.807) is 22.5 Å². The van der Waals surface area contributed by atoms with Gasteiger partial charge >= 0.3 is 5.97 Å². The third-order valence-electron chi connectivity index (χ3n) is 7.92. The summed E-state index contributed by atoms with van der Waals surface area (Å²) in [5.41, 5.74) is 1.90. The SMILES string of the molecule is CCCSc1nc(N[C@@H]2CC2c2ccc(F)c(F)c2)c2nnn(C[C@@H]3C[C@H](OCCOC(C)=O)[C@H]4OC(C)(C)O[C@@H]34)c2n1. The Bertz CT molecular complexity index is 1490. The van der Waals surface area contributed by atoms with Gasteiger partial charge in [0.1, 0.15) is 12.7 Å². The topological polar surface area (TPSA) is 123 Å². The molecule has 3 aromatic rings. The van der Waals surface area contributed by atoms with E-state index in [0.717, 1.165) is 30.2 Å². The zero-order valence-corrected chi connectivity index (χ0v) is 25.4. The van der Waals surface area contributed by atoms with Crippen LogP contribution in [0.5, 0.6) is 0 Å². The molecule has 2 aromatic heterocycles. The molecule has 1 unspecified atom stereocenters. The minimum atomic E-state index is -0.854. The minimum Gasteiger partial charge on any atom is -0.463 e. The average molecular weight is 619 g/mol. The molecular formula is C29H36F2N6O5S. The summed E-state index contributed by atoms with van der Waals surface area (Å²) in [5, 5.41) is 13.0. The van der Waals surface area contributed by atoms with Gasteiger partial charge in [0.05, 0.1) is 25.4 Å². The third kappa shape index (κ3) is 6.61. The maximum Gasteiger partial charge on any atom is 0.302 e. The first-order valence-corrected chi connectivity index (χ1v) is 15.7. The number of nitrogens with one attached hydrogen (secondary N) is 1. The Labute approximate surface area is 252 Å². The van der Waals surface area contributed by atoms with Crippen LogP contribution in [0, 0.1) is 17.6 Å². The average Bonchev–Trinajstić information content (AvgIpc) is 3.33. The Hall–Kier alpha value is -2.94. The fraction of sp³-hybridized carbons (Fsp3) is 0.621. The van der Waals surface area contributed by atoms with E-state index in [-0.39, 0.29) is 55.4 Å². The predicted octanol–water partition coefficient (Wildman–Crippen LogP) is 4.46. The molecule has 1 aromatic carbocycles. The first kappa shape index (κ1) is 30.1. The molecule has 2 saturated carbocycles. The summed E-state index contributed by atoms with van der Waals surface area (Å²) >= 11 is 1.56. The fourth-order valence-corrected chi connectivity index (χ4v) is 6.64. The number of thioether (sulfide) groups is 1. The van der Waals surface area contributed by atoms with Crippen molar-refractivity contribution < 1.29 is 32.5 Å². The van der Waals surface area contributed by atoms with Crippen molar-refractivity contribution in [3.63, 3.8) is 0 Å². The van der Waals surface area contributed by atoms with Crippen LogP contribution in [0.4, 0.5) is 14.6 Å². The minimum absolute atomic E-state index is 0.00360. The van der Waals surface area contributed by atoms with E-state index in [2.05, 4.69) is 22.6 Å². The first-order valence-electron chi connectivity index (χ1n) is 14.7. The van der Waals surface area contributed by atoms with Crippen LogP contribution < -0.4 is 5.32 Å². The summed E-state index contributed by atoms with van der Waals surface area (Å²) in [7, 11) is 0. The van der Waals surface area contributed by atoms with Crippen molar-refractivity contribution in [3.8, 4) is 0 Å². The maximum atomic E-state index is 13.8. The molecule has 6 atom stereocenters. The normalized spacial score (nSPS) is 27.4. The number of carbonyl (C=O) groups excluding carboxylic acids is 1. The first-order chi connectivity index (χ1) is 20.6. The molecule has 0 spiro atoms. The largest absolute Gasteiger partial charge is 0.463 e. The number of nitrogens with zero attached hydrogens (tertiary/aromatic N) is 5. The van der Waals surface area contributed by atoms with E-state index < -0.39 is 17.4 Å². The molecular weight excluding hydrogens is 582 g/mol. The highest BCUT2D eigenvalue weighted by atomic mass is 32.2. The smallest absolute Gasteiger partial charge is 0.302 e. The van der Waals surface area contributed by atoms with Crippen LogP contribution in [0.1, 0.15) is 58.4 Å². The third-order valence-corrected chi connectivity index (χ3v) is 8.97. The van der Waals surface area contributed by atoms with Gasteiger partial charge in [-0.2, -0.15) is 0 Å². The molecule has 11 nitrogen and oxygen atoms in total. The highest BCUT2D eigenvalue weighted by molar-refractivity contribution is 7.99. The molecule has 14 heteroatoms. The second-order valence-electron chi connectivity index (χ2n) is 11.7. The van der Waals surface area contributed by atoms with Crippen molar-refractivity contribution in [1.82, 2.24) is 25.0 Å². The number of hydrogen-bond donors (Lipinski definition) is 1. The van der Waals surface area contributed by atoms with E-state index in [4.69, 9.17) is 28.9 Å². The standard InChI is InChI=1S/C29H36F2N6O5S/c1-5-10-43-28-33-26(32-21-13-18(21)16-6-7-19(30)20(31)11-16)23-27(34-28)37(36-35-23)14-17-12-22(40-9-8-39-15(2)38)25-24(17)41-29(3,4)42-25/h6-7,11,17-18,21-22,24-25H,5,8-10,12-14H2,1-4H3,(H,32,33,34)/t17-,18?,21+,22-,24-,25+/m0/s1. The van der Waals surface area contributed by atoms with E-state index >= 15 is 0 Å². The second kappa shape index (κ2) is 12.2. The number of halogens is 2. The molecule has 1 saturated heterocycles. The monoisotopic (exact) mass is 618 g/mol. The fourth-order valence-electron chi connectivity index (χ4n) is 5.94. The number of fused-ring (bicyclic) bond motifs is 2. The van der Waals surface area contributed by atoms with Crippen molar-refractivity contribution in [2.24, 2.45) is 5.92 Å². The Kier molecular flexibility index (Phi) is 8.55. The number of anilines is 1. The summed E-state index contributed by atoms with van der Waals surface area (Å²) in [6.45, 7) is 8.16. The Balaban J connectivity index is 1.21. The predicted molar refractivity (Wildman–Crippen MR) is 154 cm³/mol. The van der Waals surface area contributed by atoms with Crippen LogP contribution in [0.2, 0.25) is 0 Å². The van der Waals surface area contributed by atoms with E-state index in [1.165, 1.54) is 13.0 Å². The molecule has 6 rings (SSSR count). The maximum absolute atomic E-state index is 13.8. The Morgan fingerprint density at radius 3 is 2.74 bits per heavy atom. The lowest BCUT2D eigenvalue weighted by Crippen LogP contribution is -2.31. The van der Waals surface area contributed by atoms with E-state index in [9.17, 15) is 13.6 Å². The highest BCUT2D eigenvalue weighted by Gasteiger charge is 2.54. The van der Waals surface area contributed by atoms with Gasteiger partial charge in [-0.3, -0.25) is 4.79 Å². The quantitative estimate of drug-likeness (QED) is 0.134. The number of hydrogen-bond acceptors (Lipinski definition) is 11. The van der Waals surface area contributed by atoms with Crippen LogP contribution in [-0.2, 0) is 30.3 Å². The highest BCUT2D eigenvalue weighted by Crippen LogP contribution is 2.45. The van der Waals surface area contributed by atoms with Gasteiger partial charge in [0.15, 0.2) is 39.6 Å². The van der Waals surface area contributed by atoms with Gasteiger partial charge in [-0.1, -0.05) is 30.0 Å². The van der Waals surface area contributed by atoms with Gasteiger partial charge in [0.2, 0.25) is 0 Å². The van der Waals surface area contributed by atoms with Gasteiger partial charge in [-0.05, 0) is 50.8 Å². The van der Waals surface area contributed by atoms with Gasteiger partial charge in [-0.15, -0.1) is 5.10 Å².